The van der Waals surface area contributed by atoms with Crippen molar-refractivity contribution in [3.05, 3.63) is 104 Å². The van der Waals surface area contributed by atoms with Gasteiger partial charge < -0.3 is 5.11 Å². The number of anilines is 1. The molecule has 0 saturated carbocycles. The second-order valence-electron chi connectivity index (χ2n) is 6.33. The molecule has 1 aromatic heterocycles. The number of amides is 1. The Balaban J connectivity index is 1.87. The van der Waals surface area contributed by atoms with Crippen LogP contribution in [-0.2, 0) is 4.79 Å². The van der Waals surface area contributed by atoms with E-state index >= 15 is 0 Å². The third-order valence-corrected chi connectivity index (χ3v) is 5.52. The quantitative estimate of drug-likeness (QED) is 0.383. The fourth-order valence-electron chi connectivity index (χ4n) is 3.33. The number of nitro groups is 1. The van der Waals surface area contributed by atoms with Gasteiger partial charge in [0.15, 0.2) is 5.76 Å². The van der Waals surface area contributed by atoms with Crippen molar-refractivity contribution in [3.63, 3.8) is 0 Å². The Kier molecular flexibility index (Phi) is 4.69. The van der Waals surface area contributed by atoms with Crippen molar-refractivity contribution in [2.45, 2.75) is 6.04 Å². The molecule has 4 rings (SSSR count). The van der Waals surface area contributed by atoms with E-state index in [2.05, 4.69) is 0 Å². The number of hydrogen-bond donors (Lipinski definition) is 1. The first-order valence-electron chi connectivity index (χ1n) is 8.63. The number of non-ortho nitro benzene ring substituents is 1. The van der Waals surface area contributed by atoms with Gasteiger partial charge in [0, 0.05) is 17.8 Å². The van der Waals surface area contributed by atoms with Gasteiger partial charge >= 0.3 is 0 Å². The summed E-state index contributed by atoms with van der Waals surface area (Å²) in [6.07, 6.45) is 0. The molecule has 1 aliphatic rings. The van der Waals surface area contributed by atoms with Crippen LogP contribution >= 0.6 is 11.3 Å². The predicted octanol–water partition coefficient (Wildman–Crippen LogP) is 4.44. The van der Waals surface area contributed by atoms with Gasteiger partial charge in [0.1, 0.15) is 0 Å². The molecule has 1 atom stereocenters. The van der Waals surface area contributed by atoms with Crippen molar-refractivity contribution in [1.82, 2.24) is 0 Å². The molecule has 1 amide bonds. The Morgan fingerprint density at radius 1 is 1.03 bits per heavy atom. The molecule has 1 aliphatic heterocycles. The average molecular weight is 406 g/mol. The molecular weight excluding hydrogens is 392 g/mol. The highest BCUT2D eigenvalue weighted by atomic mass is 32.1. The Morgan fingerprint density at radius 3 is 2.31 bits per heavy atom. The number of carbonyl (C=O) groups excluding carboxylic acids is 2. The second-order valence-corrected chi connectivity index (χ2v) is 7.28. The lowest BCUT2D eigenvalue weighted by atomic mass is 9.95. The van der Waals surface area contributed by atoms with E-state index in [0.29, 0.717) is 16.1 Å². The molecule has 144 valence electrons. The van der Waals surface area contributed by atoms with Crippen LogP contribution in [0.5, 0.6) is 0 Å². The Labute approximate surface area is 169 Å². The zero-order chi connectivity index (χ0) is 20.5. The maximum Gasteiger partial charge on any atom is 0.294 e. The van der Waals surface area contributed by atoms with Crippen LogP contribution in [0.15, 0.2) is 83.4 Å². The normalized spacial score (nSPS) is 16.3. The summed E-state index contributed by atoms with van der Waals surface area (Å²) in [4.78, 5) is 38.2. The number of rotatable bonds is 5. The standard InChI is InChI=1S/C21H14N2O5S/c24-19(16-7-4-12-29-16)17-18(13-8-10-15(11-9-13)23(27)28)22(21(26)20(17)25)14-5-2-1-3-6-14/h1-12,18,25H/t18-/m0/s1. The number of benzene rings is 2. The number of aliphatic hydroxyl groups is 1. The van der Waals surface area contributed by atoms with E-state index in [1.54, 1.807) is 47.8 Å². The van der Waals surface area contributed by atoms with E-state index in [1.807, 2.05) is 0 Å². The number of aliphatic hydroxyl groups excluding tert-OH is 1. The summed E-state index contributed by atoms with van der Waals surface area (Å²) in [6, 6.07) is 16.7. The number of carbonyl (C=O) groups is 2. The summed E-state index contributed by atoms with van der Waals surface area (Å²) in [5, 5.41) is 23.3. The first-order valence-corrected chi connectivity index (χ1v) is 9.51. The topological polar surface area (TPSA) is 101 Å². The van der Waals surface area contributed by atoms with Gasteiger partial charge in [0.2, 0.25) is 5.78 Å². The smallest absolute Gasteiger partial charge is 0.294 e. The molecule has 0 radical (unpaired) electrons. The Bertz CT molecular complexity index is 1120. The number of para-hydroxylation sites is 1. The average Bonchev–Trinajstić information content (AvgIpc) is 3.36. The lowest BCUT2D eigenvalue weighted by molar-refractivity contribution is -0.384. The van der Waals surface area contributed by atoms with Gasteiger partial charge in [0.05, 0.1) is 21.4 Å². The van der Waals surface area contributed by atoms with Gasteiger partial charge in [-0.25, -0.2) is 0 Å². The third-order valence-electron chi connectivity index (χ3n) is 4.65. The monoisotopic (exact) mass is 406 g/mol. The molecule has 8 heteroatoms. The fraction of sp³-hybridized carbons (Fsp3) is 0.0476. The minimum absolute atomic E-state index is 0.0462. The Hall–Kier alpha value is -3.78. The first-order chi connectivity index (χ1) is 14.0. The van der Waals surface area contributed by atoms with Gasteiger partial charge in [-0.05, 0) is 41.3 Å². The van der Waals surface area contributed by atoms with Gasteiger partial charge in [-0.3, -0.25) is 24.6 Å². The van der Waals surface area contributed by atoms with Crippen molar-refractivity contribution in [2.24, 2.45) is 0 Å². The first kappa shape index (κ1) is 18.6. The van der Waals surface area contributed by atoms with Gasteiger partial charge in [-0.15, -0.1) is 11.3 Å². The molecule has 7 nitrogen and oxygen atoms in total. The number of thiophene rings is 1. The van der Waals surface area contributed by atoms with Crippen LogP contribution < -0.4 is 4.90 Å². The van der Waals surface area contributed by atoms with Crippen LogP contribution in [0.2, 0.25) is 0 Å². The van der Waals surface area contributed by atoms with Gasteiger partial charge in [-0.1, -0.05) is 24.3 Å². The van der Waals surface area contributed by atoms with Crippen LogP contribution in [0.1, 0.15) is 21.3 Å². The molecule has 29 heavy (non-hydrogen) atoms. The number of hydrogen-bond acceptors (Lipinski definition) is 6. The highest BCUT2D eigenvalue weighted by Gasteiger charge is 2.44. The van der Waals surface area contributed by atoms with Crippen LogP contribution in [0, 0.1) is 10.1 Å². The fourth-order valence-corrected chi connectivity index (χ4v) is 4.00. The molecule has 2 heterocycles. The lowest BCUT2D eigenvalue weighted by Crippen LogP contribution is -2.30. The largest absolute Gasteiger partial charge is 0.503 e. The number of ketones is 1. The minimum Gasteiger partial charge on any atom is -0.503 e. The molecule has 0 spiro atoms. The second kappa shape index (κ2) is 7.33. The van der Waals surface area contributed by atoms with E-state index in [0.717, 1.165) is 0 Å². The highest BCUT2D eigenvalue weighted by Crippen LogP contribution is 2.42. The summed E-state index contributed by atoms with van der Waals surface area (Å²) >= 11 is 1.21. The van der Waals surface area contributed by atoms with Crippen LogP contribution in [0.3, 0.4) is 0 Å². The molecule has 0 saturated heterocycles. The van der Waals surface area contributed by atoms with E-state index in [9.17, 15) is 24.8 Å². The summed E-state index contributed by atoms with van der Waals surface area (Å²) in [7, 11) is 0. The number of nitrogens with zero attached hydrogens (tertiary/aromatic N) is 2. The molecular formula is C21H14N2O5S. The maximum absolute atomic E-state index is 13.1. The zero-order valence-electron chi connectivity index (χ0n) is 14.9. The third kappa shape index (κ3) is 3.19. The van der Waals surface area contributed by atoms with Crippen LogP contribution in [0.4, 0.5) is 11.4 Å². The molecule has 2 aromatic carbocycles. The van der Waals surface area contributed by atoms with Crippen molar-refractivity contribution in [1.29, 1.82) is 0 Å². The van der Waals surface area contributed by atoms with Crippen molar-refractivity contribution >= 4 is 34.4 Å². The molecule has 0 bridgehead atoms. The number of Topliss-reactive ketones (excluding diaryl/α,β-unsaturated/α-hetero) is 1. The number of nitro benzene ring substituents is 1. The van der Waals surface area contributed by atoms with Gasteiger partial charge in [-0.2, -0.15) is 0 Å². The summed E-state index contributed by atoms with van der Waals surface area (Å²) < 4.78 is 0. The zero-order valence-corrected chi connectivity index (χ0v) is 15.7. The Morgan fingerprint density at radius 2 is 1.72 bits per heavy atom. The van der Waals surface area contributed by atoms with Crippen molar-refractivity contribution in [3.8, 4) is 0 Å². The van der Waals surface area contributed by atoms with Crippen molar-refractivity contribution in [2.75, 3.05) is 4.90 Å². The van der Waals surface area contributed by atoms with Crippen LogP contribution in [0.25, 0.3) is 0 Å². The summed E-state index contributed by atoms with van der Waals surface area (Å²) in [6.45, 7) is 0. The summed E-state index contributed by atoms with van der Waals surface area (Å²) in [5.74, 6) is -1.76. The predicted molar refractivity (Wildman–Crippen MR) is 108 cm³/mol. The highest BCUT2D eigenvalue weighted by molar-refractivity contribution is 7.12. The molecule has 0 fully saturated rings. The molecule has 3 aromatic rings. The molecule has 0 aliphatic carbocycles. The molecule has 0 unspecified atom stereocenters. The minimum atomic E-state index is -0.902. The van der Waals surface area contributed by atoms with E-state index < -0.39 is 28.4 Å². The SMILES string of the molecule is O=C(C1=C(O)C(=O)N(c2ccccc2)[C@H]1c1ccc([N+](=O)[O-])cc1)c1cccs1. The van der Waals surface area contributed by atoms with E-state index in [4.69, 9.17) is 0 Å². The van der Waals surface area contributed by atoms with E-state index in [1.165, 1.54) is 40.5 Å². The van der Waals surface area contributed by atoms with Crippen molar-refractivity contribution < 1.29 is 19.6 Å². The summed E-state index contributed by atoms with van der Waals surface area (Å²) in [5.41, 5.74) is 0.831. The van der Waals surface area contributed by atoms with E-state index in [-0.39, 0.29) is 11.3 Å². The lowest BCUT2D eigenvalue weighted by Gasteiger charge is -2.26. The van der Waals surface area contributed by atoms with Crippen LogP contribution in [-0.4, -0.2) is 21.7 Å². The molecule has 1 N–H and O–H groups in total. The maximum atomic E-state index is 13.1. The van der Waals surface area contributed by atoms with Gasteiger partial charge in [0.25, 0.3) is 11.6 Å².